The van der Waals surface area contributed by atoms with E-state index in [0.717, 1.165) is 24.1 Å². The summed E-state index contributed by atoms with van der Waals surface area (Å²) in [5.74, 6) is 0.518. The van der Waals surface area contributed by atoms with Crippen molar-refractivity contribution in [1.29, 1.82) is 0 Å². The lowest BCUT2D eigenvalue weighted by Gasteiger charge is -2.20. The van der Waals surface area contributed by atoms with Crippen LogP contribution in [0.15, 0.2) is 24.3 Å². The molecule has 0 fully saturated rings. The van der Waals surface area contributed by atoms with Crippen LogP contribution in [0.3, 0.4) is 0 Å². The quantitative estimate of drug-likeness (QED) is 0.834. The zero-order valence-corrected chi connectivity index (χ0v) is 11.0. The lowest BCUT2D eigenvalue weighted by atomic mass is 10.0. The van der Waals surface area contributed by atoms with E-state index in [-0.39, 0.29) is 0 Å². The molecule has 0 aliphatic rings. The zero-order valence-electron chi connectivity index (χ0n) is 11.0. The maximum Gasteiger partial charge on any atom is 0.416 e. The second-order valence-electron chi connectivity index (χ2n) is 4.83. The van der Waals surface area contributed by atoms with E-state index in [0.29, 0.717) is 18.5 Å². The molecular formula is C14H20F3N. The fourth-order valence-corrected chi connectivity index (χ4v) is 1.91. The molecule has 102 valence electrons. The van der Waals surface area contributed by atoms with E-state index in [1.807, 2.05) is 0 Å². The van der Waals surface area contributed by atoms with Crippen LogP contribution in [0, 0.1) is 5.92 Å². The third kappa shape index (κ3) is 4.33. The summed E-state index contributed by atoms with van der Waals surface area (Å²) in [6, 6.07) is 5.72. The van der Waals surface area contributed by atoms with E-state index in [1.54, 1.807) is 0 Å². The van der Waals surface area contributed by atoms with Crippen molar-refractivity contribution < 1.29 is 13.2 Å². The zero-order chi connectivity index (χ0) is 13.8. The minimum Gasteiger partial charge on any atom is -0.310 e. The molecule has 1 nitrogen and oxygen atoms in total. The summed E-state index contributed by atoms with van der Waals surface area (Å²) < 4.78 is 37.1. The van der Waals surface area contributed by atoms with Crippen LogP contribution >= 0.6 is 0 Å². The highest BCUT2D eigenvalue weighted by atomic mass is 19.4. The predicted octanol–water partition coefficient (Wildman–Crippen LogP) is 4.23. The first-order chi connectivity index (χ1) is 8.34. The predicted molar refractivity (Wildman–Crippen MR) is 67.2 cm³/mol. The molecule has 0 aliphatic heterocycles. The van der Waals surface area contributed by atoms with Gasteiger partial charge in [-0.25, -0.2) is 0 Å². The Bertz CT molecular complexity index is 354. The van der Waals surface area contributed by atoms with Crippen molar-refractivity contribution in [2.45, 2.75) is 46.0 Å². The van der Waals surface area contributed by atoms with E-state index in [1.165, 1.54) is 12.1 Å². The van der Waals surface area contributed by atoms with Crippen molar-refractivity contribution >= 4 is 0 Å². The highest BCUT2D eigenvalue weighted by Gasteiger charge is 2.29. The molecule has 18 heavy (non-hydrogen) atoms. The molecule has 0 amide bonds. The van der Waals surface area contributed by atoms with Crippen LogP contribution in [0.5, 0.6) is 0 Å². The van der Waals surface area contributed by atoms with Gasteiger partial charge in [-0.2, -0.15) is 13.2 Å². The highest BCUT2D eigenvalue weighted by molar-refractivity contribution is 5.24. The average Bonchev–Trinajstić information content (AvgIpc) is 2.29. The standard InChI is InChI=1S/C14H20F3N/c1-4-13(10(2)3)18-9-11-5-7-12(8-6-11)14(15,16)17/h5-8,10,13,18H,4,9H2,1-3H3. The first kappa shape index (κ1) is 15.0. The Morgan fingerprint density at radius 1 is 1.11 bits per heavy atom. The largest absolute Gasteiger partial charge is 0.416 e. The SMILES string of the molecule is CCC(NCc1ccc(C(F)(F)F)cc1)C(C)C. The Kier molecular flexibility index (Phi) is 5.20. The van der Waals surface area contributed by atoms with E-state index >= 15 is 0 Å². The second-order valence-corrected chi connectivity index (χ2v) is 4.83. The first-order valence-electron chi connectivity index (χ1n) is 6.24. The average molecular weight is 259 g/mol. The van der Waals surface area contributed by atoms with Crippen molar-refractivity contribution in [3.05, 3.63) is 35.4 Å². The van der Waals surface area contributed by atoms with Crippen molar-refractivity contribution in [2.75, 3.05) is 0 Å². The highest BCUT2D eigenvalue weighted by Crippen LogP contribution is 2.29. The third-order valence-electron chi connectivity index (χ3n) is 3.09. The van der Waals surface area contributed by atoms with Crippen LogP contribution in [0.4, 0.5) is 13.2 Å². The molecule has 1 aromatic carbocycles. The maximum atomic E-state index is 12.4. The fourth-order valence-electron chi connectivity index (χ4n) is 1.91. The molecule has 1 atom stereocenters. The fraction of sp³-hybridized carbons (Fsp3) is 0.571. The van der Waals surface area contributed by atoms with Crippen molar-refractivity contribution in [3.8, 4) is 0 Å². The summed E-state index contributed by atoms with van der Waals surface area (Å²) in [7, 11) is 0. The summed E-state index contributed by atoms with van der Waals surface area (Å²) in [6.45, 7) is 6.97. The van der Waals surface area contributed by atoms with Gasteiger partial charge in [-0.1, -0.05) is 32.9 Å². The summed E-state index contributed by atoms with van der Waals surface area (Å²) in [5, 5.41) is 3.36. The van der Waals surface area contributed by atoms with Gasteiger partial charge in [0, 0.05) is 12.6 Å². The molecule has 0 radical (unpaired) electrons. The Morgan fingerprint density at radius 3 is 2.06 bits per heavy atom. The van der Waals surface area contributed by atoms with Crippen LogP contribution in [0.1, 0.15) is 38.3 Å². The third-order valence-corrected chi connectivity index (χ3v) is 3.09. The molecule has 0 heterocycles. The van der Waals surface area contributed by atoms with Crippen LogP contribution in [-0.4, -0.2) is 6.04 Å². The van der Waals surface area contributed by atoms with Gasteiger partial charge in [0.15, 0.2) is 0 Å². The maximum absolute atomic E-state index is 12.4. The minimum atomic E-state index is -4.25. The van der Waals surface area contributed by atoms with Gasteiger partial charge in [0.25, 0.3) is 0 Å². The number of alkyl halides is 3. The van der Waals surface area contributed by atoms with E-state index in [9.17, 15) is 13.2 Å². The Morgan fingerprint density at radius 2 is 1.67 bits per heavy atom. The van der Waals surface area contributed by atoms with Gasteiger partial charge in [-0.05, 0) is 30.0 Å². The second kappa shape index (κ2) is 6.23. The molecule has 0 aliphatic carbocycles. The number of rotatable bonds is 5. The number of benzene rings is 1. The van der Waals surface area contributed by atoms with Crippen molar-refractivity contribution in [2.24, 2.45) is 5.92 Å². The Labute approximate surface area is 106 Å². The summed E-state index contributed by atoms with van der Waals surface area (Å²) in [5.41, 5.74) is 0.282. The minimum absolute atomic E-state index is 0.396. The normalized spacial score (nSPS) is 13.9. The summed E-state index contributed by atoms with van der Waals surface area (Å²) in [6.07, 6.45) is -3.24. The number of hydrogen-bond donors (Lipinski definition) is 1. The van der Waals surface area contributed by atoms with E-state index in [4.69, 9.17) is 0 Å². The summed E-state index contributed by atoms with van der Waals surface area (Å²) in [4.78, 5) is 0. The van der Waals surface area contributed by atoms with Gasteiger partial charge >= 0.3 is 6.18 Å². The number of hydrogen-bond acceptors (Lipinski definition) is 1. The summed E-state index contributed by atoms with van der Waals surface area (Å²) >= 11 is 0. The van der Waals surface area contributed by atoms with Crippen molar-refractivity contribution in [1.82, 2.24) is 5.32 Å². The molecule has 0 saturated heterocycles. The number of nitrogens with one attached hydrogen (secondary N) is 1. The monoisotopic (exact) mass is 259 g/mol. The van der Waals surface area contributed by atoms with Gasteiger partial charge in [-0.15, -0.1) is 0 Å². The lowest BCUT2D eigenvalue weighted by Crippen LogP contribution is -2.32. The molecule has 0 bridgehead atoms. The lowest BCUT2D eigenvalue weighted by molar-refractivity contribution is -0.137. The molecule has 1 unspecified atom stereocenters. The van der Waals surface area contributed by atoms with Crippen LogP contribution in [-0.2, 0) is 12.7 Å². The molecule has 0 aromatic heterocycles. The molecule has 0 saturated carbocycles. The Balaban J connectivity index is 2.59. The van der Waals surface area contributed by atoms with Crippen molar-refractivity contribution in [3.63, 3.8) is 0 Å². The molecular weight excluding hydrogens is 239 g/mol. The van der Waals surface area contributed by atoms with Gasteiger partial charge in [-0.3, -0.25) is 0 Å². The first-order valence-corrected chi connectivity index (χ1v) is 6.24. The topological polar surface area (TPSA) is 12.0 Å². The molecule has 1 rings (SSSR count). The van der Waals surface area contributed by atoms with Crippen LogP contribution in [0.2, 0.25) is 0 Å². The van der Waals surface area contributed by atoms with Crippen LogP contribution in [0.25, 0.3) is 0 Å². The van der Waals surface area contributed by atoms with Gasteiger partial charge in [0.2, 0.25) is 0 Å². The number of halogens is 3. The van der Waals surface area contributed by atoms with Gasteiger partial charge in [0.05, 0.1) is 5.56 Å². The van der Waals surface area contributed by atoms with E-state index < -0.39 is 11.7 Å². The molecule has 1 aromatic rings. The smallest absolute Gasteiger partial charge is 0.310 e. The van der Waals surface area contributed by atoms with Crippen LogP contribution < -0.4 is 5.32 Å². The Hall–Kier alpha value is -1.03. The molecule has 1 N–H and O–H groups in total. The molecule has 0 spiro atoms. The van der Waals surface area contributed by atoms with Gasteiger partial charge < -0.3 is 5.32 Å². The van der Waals surface area contributed by atoms with E-state index in [2.05, 4.69) is 26.1 Å². The van der Waals surface area contributed by atoms with Gasteiger partial charge in [0.1, 0.15) is 0 Å². The molecule has 4 heteroatoms.